The Labute approximate surface area is 142 Å². The van der Waals surface area contributed by atoms with Gasteiger partial charge in [0.2, 0.25) is 0 Å². The molecule has 0 atom stereocenters. The number of aliphatic carboxylic acids is 1. The zero-order valence-electron chi connectivity index (χ0n) is 11.1. The van der Waals surface area contributed by atoms with Gasteiger partial charge < -0.3 is 9.84 Å². The lowest BCUT2D eigenvalue weighted by molar-refractivity contribution is -0.133. The summed E-state index contributed by atoms with van der Waals surface area (Å²) < 4.78 is 8.70. The van der Waals surface area contributed by atoms with Crippen molar-refractivity contribution in [1.29, 1.82) is 0 Å². The highest BCUT2D eigenvalue weighted by molar-refractivity contribution is 9.11. The zero-order valence-corrected chi connectivity index (χ0v) is 15.1. The molecule has 0 saturated carbocycles. The van der Waals surface area contributed by atoms with Crippen LogP contribution in [0.1, 0.15) is 5.82 Å². The van der Waals surface area contributed by atoms with Crippen molar-refractivity contribution in [2.75, 3.05) is 12.9 Å². The molecule has 0 aliphatic rings. The number of thioether (sulfide) groups is 1. The molecule has 6 nitrogen and oxygen atoms in total. The Hall–Kier alpha value is -1.06. The molecule has 1 heterocycles. The van der Waals surface area contributed by atoms with Crippen molar-refractivity contribution in [2.45, 2.75) is 12.1 Å². The van der Waals surface area contributed by atoms with Gasteiger partial charge in [0, 0.05) is 10.5 Å². The van der Waals surface area contributed by atoms with Gasteiger partial charge in [-0.05, 0) is 44.8 Å². The average Bonchev–Trinajstić information content (AvgIpc) is 2.78. The molecule has 21 heavy (non-hydrogen) atoms. The number of aryl methyl sites for hydroxylation is 1. The van der Waals surface area contributed by atoms with Crippen molar-refractivity contribution < 1.29 is 14.6 Å². The van der Waals surface area contributed by atoms with Gasteiger partial charge in [-0.2, -0.15) is 0 Å². The standard InChI is InChI=1S/C12H11Br2N3O3S/c1-6-15-16-12(21-5-11(18)19)17(6)9-4-10(20-2)8(14)3-7(9)13/h3-4H,5H2,1-2H3,(H,18,19). The van der Waals surface area contributed by atoms with Crippen molar-refractivity contribution in [3.63, 3.8) is 0 Å². The monoisotopic (exact) mass is 435 g/mol. The fourth-order valence-corrected chi connectivity index (χ4v) is 3.73. The molecule has 0 radical (unpaired) electrons. The second kappa shape index (κ2) is 6.80. The molecule has 0 unspecified atom stereocenters. The number of ether oxygens (including phenoxy) is 1. The Morgan fingerprint density at radius 3 is 2.71 bits per heavy atom. The van der Waals surface area contributed by atoms with E-state index in [0.717, 1.165) is 26.4 Å². The molecule has 0 spiro atoms. The molecule has 1 aromatic carbocycles. The van der Waals surface area contributed by atoms with E-state index in [2.05, 4.69) is 42.1 Å². The summed E-state index contributed by atoms with van der Waals surface area (Å²) in [6, 6.07) is 3.69. The maximum absolute atomic E-state index is 10.7. The van der Waals surface area contributed by atoms with Crippen molar-refractivity contribution in [3.05, 3.63) is 26.9 Å². The molecule has 0 saturated heterocycles. The SMILES string of the molecule is COc1cc(-n2c(C)nnc2SCC(=O)O)c(Br)cc1Br. The van der Waals surface area contributed by atoms with Crippen molar-refractivity contribution in [3.8, 4) is 11.4 Å². The lowest BCUT2D eigenvalue weighted by atomic mass is 10.3. The second-order valence-electron chi connectivity index (χ2n) is 3.99. The molecular weight excluding hydrogens is 426 g/mol. The minimum atomic E-state index is -0.903. The molecule has 2 rings (SSSR count). The lowest BCUT2D eigenvalue weighted by Crippen LogP contribution is -2.04. The lowest BCUT2D eigenvalue weighted by Gasteiger charge is -2.13. The highest BCUT2D eigenvalue weighted by Crippen LogP contribution is 2.35. The largest absolute Gasteiger partial charge is 0.495 e. The number of carboxylic acid groups (broad SMARTS) is 1. The predicted molar refractivity (Wildman–Crippen MR) is 86.4 cm³/mol. The van der Waals surface area contributed by atoms with E-state index in [1.165, 1.54) is 0 Å². The highest BCUT2D eigenvalue weighted by atomic mass is 79.9. The molecule has 2 aromatic rings. The van der Waals surface area contributed by atoms with Crippen LogP contribution in [0, 0.1) is 6.92 Å². The summed E-state index contributed by atoms with van der Waals surface area (Å²) >= 11 is 8.02. The number of aromatic nitrogens is 3. The van der Waals surface area contributed by atoms with Gasteiger partial charge in [0.05, 0.1) is 23.0 Å². The summed E-state index contributed by atoms with van der Waals surface area (Å²) in [4.78, 5) is 10.7. The highest BCUT2D eigenvalue weighted by Gasteiger charge is 2.17. The third-order valence-corrected chi connectivity index (χ3v) is 4.75. The van der Waals surface area contributed by atoms with Gasteiger partial charge in [-0.15, -0.1) is 10.2 Å². The summed E-state index contributed by atoms with van der Waals surface area (Å²) in [5.41, 5.74) is 0.783. The average molecular weight is 437 g/mol. The van der Waals surface area contributed by atoms with E-state index >= 15 is 0 Å². The van der Waals surface area contributed by atoms with Crippen LogP contribution in [-0.2, 0) is 4.79 Å². The van der Waals surface area contributed by atoms with Gasteiger partial charge in [-0.3, -0.25) is 9.36 Å². The molecule has 112 valence electrons. The van der Waals surface area contributed by atoms with Crippen LogP contribution >= 0.6 is 43.6 Å². The quantitative estimate of drug-likeness (QED) is 0.724. The number of hydrogen-bond acceptors (Lipinski definition) is 5. The van der Waals surface area contributed by atoms with Crippen molar-refractivity contribution in [2.24, 2.45) is 0 Å². The summed E-state index contributed by atoms with van der Waals surface area (Å²) in [6.45, 7) is 1.80. The minimum absolute atomic E-state index is 0.0799. The van der Waals surface area contributed by atoms with Crippen LogP contribution in [-0.4, -0.2) is 38.7 Å². The number of methoxy groups -OCH3 is 1. The molecule has 0 aliphatic carbocycles. The van der Waals surface area contributed by atoms with Crippen LogP contribution in [0.3, 0.4) is 0 Å². The number of carboxylic acids is 1. The summed E-state index contributed by atoms with van der Waals surface area (Å²) in [5, 5.41) is 17.4. The fourth-order valence-electron chi connectivity index (χ4n) is 1.69. The molecule has 0 aliphatic heterocycles. The van der Waals surface area contributed by atoms with Gasteiger partial charge >= 0.3 is 5.97 Å². The van der Waals surface area contributed by atoms with E-state index in [1.54, 1.807) is 18.6 Å². The number of hydrogen-bond donors (Lipinski definition) is 1. The van der Waals surface area contributed by atoms with Crippen LogP contribution in [0.2, 0.25) is 0 Å². The first-order chi connectivity index (χ1) is 9.93. The second-order valence-corrected chi connectivity index (χ2v) is 6.64. The summed E-state index contributed by atoms with van der Waals surface area (Å²) in [5.74, 6) is 0.340. The Morgan fingerprint density at radius 1 is 1.38 bits per heavy atom. The van der Waals surface area contributed by atoms with Gasteiger partial charge in [0.25, 0.3) is 0 Å². The summed E-state index contributed by atoms with van der Waals surface area (Å²) in [6.07, 6.45) is 0. The molecule has 0 bridgehead atoms. The Morgan fingerprint density at radius 2 is 2.10 bits per heavy atom. The van der Waals surface area contributed by atoms with E-state index < -0.39 is 5.97 Å². The van der Waals surface area contributed by atoms with E-state index in [-0.39, 0.29) is 5.75 Å². The topological polar surface area (TPSA) is 77.2 Å². The molecular formula is C12H11Br2N3O3S. The number of carbonyl (C=O) groups is 1. The zero-order chi connectivity index (χ0) is 15.6. The maximum atomic E-state index is 10.7. The van der Waals surface area contributed by atoms with Crippen LogP contribution in [0.5, 0.6) is 5.75 Å². The van der Waals surface area contributed by atoms with E-state index in [1.807, 2.05) is 12.1 Å². The first kappa shape index (κ1) is 16.3. The first-order valence-corrected chi connectivity index (χ1v) is 8.31. The van der Waals surface area contributed by atoms with E-state index in [0.29, 0.717) is 16.7 Å². The summed E-state index contributed by atoms with van der Waals surface area (Å²) in [7, 11) is 1.58. The van der Waals surface area contributed by atoms with Gasteiger partial charge in [0.1, 0.15) is 11.6 Å². The Bertz CT molecular complexity index is 691. The Kier molecular flexibility index (Phi) is 5.28. The van der Waals surface area contributed by atoms with Crippen LogP contribution in [0.15, 0.2) is 26.2 Å². The van der Waals surface area contributed by atoms with Gasteiger partial charge in [-0.25, -0.2) is 0 Å². The molecule has 1 N–H and O–H groups in total. The van der Waals surface area contributed by atoms with Crippen molar-refractivity contribution in [1.82, 2.24) is 14.8 Å². The predicted octanol–water partition coefficient (Wildman–Crippen LogP) is 3.29. The number of benzene rings is 1. The normalized spacial score (nSPS) is 10.7. The maximum Gasteiger partial charge on any atom is 0.313 e. The third kappa shape index (κ3) is 3.58. The van der Waals surface area contributed by atoms with Gasteiger partial charge in [0.15, 0.2) is 5.16 Å². The van der Waals surface area contributed by atoms with Crippen molar-refractivity contribution >= 4 is 49.6 Å². The number of rotatable bonds is 5. The Balaban J connectivity index is 2.51. The molecule has 0 amide bonds. The smallest absolute Gasteiger partial charge is 0.313 e. The molecule has 9 heteroatoms. The van der Waals surface area contributed by atoms with Crippen LogP contribution < -0.4 is 4.74 Å². The fraction of sp³-hybridized carbons (Fsp3) is 0.250. The number of halogens is 2. The van der Waals surface area contributed by atoms with E-state index in [4.69, 9.17) is 9.84 Å². The third-order valence-electron chi connectivity index (χ3n) is 2.58. The molecule has 0 fully saturated rings. The van der Waals surface area contributed by atoms with Crippen LogP contribution in [0.25, 0.3) is 5.69 Å². The first-order valence-electron chi connectivity index (χ1n) is 5.74. The van der Waals surface area contributed by atoms with E-state index in [9.17, 15) is 4.79 Å². The molecule has 1 aromatic heterocycles. The van der Waals surface area contributed by atoms with Crippen LogP contribution in [0.4, 0.5) is 0 Å². The van der Waals surface area contributed by atoms with Gasteiger partial charge in [-0.1, -0.05) is 11.8 Å². The number of nitrogens with zero attached hydrogens (tertiary/aromatic N) is 3. The minimum Gasteiger partial charge on any atom is -0.495 e.